The van der Waals surface area contributed by atoms with Gasteiger partial charge in [0.05, 0.1) is 30.0 Å². The smallest absolute Gasteiger partial charge is 0.0809 e. The lowest BCUT2D eigenvalue weighted by Gasteiger charge is -2.23. The summed E-state index contributed by atoms with van der Waals surface area (Å²) in [5.74, 6) is 0. The highest BCUT2D eigenvalue weighted by Gasteiger charge is 2.22. The third kappa shape index (κ3) is 11.8. The topological polar surface area (TPSA) is 3.24 Å². The molecular formula is C24H38Cl5NS. The highest BCUT2D eigenvalue weighted by molar-refractivity contribution is 7.97. The first-order valence-corrected chi connectivity index (χ1v) is 14.5. The predicted octanol–water partition coefficient (Wildman–Crippen LogP) is 11.8. The zero-order valence-corrected chi connectivity index (χ0v) is 23.7. The second kappa shape index (κ2) is 18.3. The van der Waals surface area contributed by atoms with E-state index in [1.165, 1.54) is 89.9 Å². The summed E-state index contributed by atoms with van der Waals surface area (Å²) in [6.07, 6.45) is 18.1. The van der Waals surface area contributed by atoms with Crippen molar-refractivity contribution < 1.29 is 0 Å². The van der Waals surface area contributed by atoms with Crippen molar-refractivity contribution >= 4 is 70.0 Å². The fourth-order valence-electron chi connectivity index (χ4n) is 3.49. The molecule has 0 radical (unpaired) electrons. The Morgan fingerprint density at radius 3 is 1.19 bits per heavy atom. The van der Waals surface area contributed by atoms with Gasteiger partial charge in [-0.05, 0) is 24.8 Å². The van der Waals surface area contributed by atoms with Gasteiger partial charge in [0.2, 0.25) is 0 Å². The molecule has 0 fully saturated rings. The molecule has 0 aliphatic heterocycles. The Labute approximate surface area is 220 Å². The molecule has 1 aromatic rings. The summed E-state index contributed by atoms with van der Waals surface area (Å²) >= 11 is 33.2. The third-order valence-corrected chi connectivity index (χ3v) is 9.13. The molecule has 0 atom stereocenters. The van der Waals surface area contributed by atoms with Crippen molar-refractivity contribution in [2.45, 2.75) is 109 Å². The maximum absolute atomic E-state index is 6.48. The minimum absolute atomic E-state index is 0.216. The Bertz CT molecular complexity index is 579. The highest BCUT2D eigenvalue weighted by Crippen LogP contribution is 2.48. The summed E-state index contributed by atoms with van der Waals surface area (Å²) in [6, 6.07) is 0. The Morgan fingerprint density at radius 2 is 0.806 bits per heavy atom. The SMILES string of the molecule is CCCCCCCCCN(CCCCCCCCC)Sc1c(Cl)c(Cl)c(Cl)c(Cl)c1Cl. The van der Waals surface area contributed by atoms with Gasteiger partial charge >= 0.3 is 0 Å². The van der Waals surface area contributed by atoms with Crippen LogP contribution in [-0.2, 0) is 0 Å². The fraction of sp³-hybridized carbons (Fsp3) is 0.750. The van der Waals surface area contributed by atoms with Crippen molar-refractivity contribution in [3.05, 3.63) is 25.1 Å². The van der Waals surface area contributed by atoms with E-state index >= 15 is 0 Å². The number of hydrogen-bond donors (Lipinski definition) is 0. The summed E-state index contributed by atoms with van der Waals surface area (Å²) in [4.78, 5) is 0.702. The first-order chi connectivity index (χ1) is 14.9. The van der Waals surface area contributed by atoms with Gasteiger partial charge in [0.1, 0.15) is 0 Å². The zero-order chi connectivity index (χ0) is 23.1. The molecule has 7 heteroatoms. The molecule has 0 saturated carbocycles. The van der Waals surface area contributed by atoms with Crippen LogP contribution in [0.2, 0.25) is 25.1 Å². The Balaban J connectivity index is 2.63. The number of nitrogens with zero attached hydrogens (tertiary/aromatic N) is 1. The lowest BCUT2D eigenvalue weighted by Crippen LogP contribution is -2.19. The fourth-order valence-corrected chi connectivity index (χ4v) is 6.01. The standard InChI is InChI=1S/C24H38Cl5NS/c1-3-5-7-9-11-13-15-17-30(18-16-14-12-10-8-6-4-2)31-24-22(28)20(26)19(25)21(27)23(24)29/h3-18H2,1-2H3. The van der Waals surface area contributed by atoms with E-state index in [1.54, 1.807) is 11.9 Å². The van der Waals surface area contributed by atoms with Crippen LogP contribution in [0.15, 0.2) is 4.90 Å². The van der Waals surface area contributed by atoms with E-state index in [2.05, 4.69) is 18.2 Å². The lowest BCUT2D eigenvalue weighted by molar-refractivity contribution is 0.423. The molecule has 31 heavy (non-hydrogen) atoms. The zero-order valence-electron chi connectivity index (χ0n) is 19.1. The molecule has 0 aliphatic rings. The number of hydrogen-bond acceptors (Lipinski definition) is 2. The summed E-state index contributed by atoms with van der Waals surface area (Å²) in [5.41, 5.74) is 0. The molecule has 0 aromatic heterocycles. The van der Waals surface area contributed by atoms with Gasteiger partial charge in [0.15, 0.2) is 0 Å². The Hall–Kier alpha value is 0.980. The van der Waals surface area contributed by atoms with Gasteiger partial charge in [-0.2, -0.15) is 0 Å². The molecule has 0 amide bonds. The first-order valence-electron chi connectivity index (χ1n) is 11.9. The first kappa shape index (κ1) is 30.0. The molecule has 1 aromatic carbocycles. The molecule has 0 spiro atoms. The van der Waals surface area contributed by atoms with Gasteiger partial charge in [-0.1, -0.05) is 149 Å². The molecule has 0 unspecified atom stereocenters. The minimum Gasteiger partial charge on any atom is -0.246 e. The van der Waals surface area contributed by atoms with Crippen molar-refractivity contribution in [3.8, 4) is 0 Å². The van der Waals surface area contributed by atoms with Crippen LogP contribution < -0.4 is 0 Å². The van der Waals surface area contributed by atoms with Crippen LogP contribution in [0.25, 0.3) is 0 Å². The van der Waals surface area contributed by atoms with Crippen molar-refractivity contribution in [3.63, 3.8) is 0 Å². The number of unbranched alkanes of at least 4 members (excludes halogenated alkanes) is 12. The number of halogens is 5. The quantitative estimate of drug-likeness (QED) is 0.0775. The average molecular weight is 550 g/mol. The lowest BCUT2D eigenvalue weighted by atomic mass is 10.1. The molecular weight excluding hydrogens is 512 g/mol. The van der Waals surface area contributed by atoms with E-state index in [4.69, 9.17) is 58.0 Å². The summed E-state index contributed by atoms with van der Waals surface area (Å²) < 4.78 is 2.37. The second-order valence-electron chi connectivity index (χ2n) is 8.16. The summed E-state index contributed by atoms with van der Waals surface area (Å²) in [6.45, 7) is 6.51. The van der Waals surface area contributed by atoms with Crippen LogP contribution >= 0.6 is 70.0 Å². The molecule has 180 valence electrons. The average Bonchev–Trinajstić information content (AvgIpc) is 2.77. The van der Waals surface area contributed by atoms with Crippen LogP contribution in [0.5, 0.6) is 0 Å². The predicted molar refractivity (Wildman–Crippen MR) is 145 cm³/mol. The van der Waals surface area contributed by atoms with Gasteiger partial charge in [-0.3, -0.25) is 0 Å². The van der Waals surface area contributed by atoms with Crippen molar-refractivity contribution in [2.75, 3.05) is 13.1 Å². The maximum atomic E-state index is 6.48. The van der Waals surface area contributed by atoms with Crippen LogP contribution in [-0.4, -0.2) is 17.4 Å². The molecule has 0 heterocycles. The van der Waals surface area contributed by atoms with Crippen molar-refractivity contribution in [1.82, 2.24) is 4.31 Å². The molecule has 0 saturated heterocycles. The van der Waals surface area contributed by atoms with Crippen LogP contribution in [0, 0.1) is 0 Å². The largest absolute Gasteiger partial charge is 0.246 e. The summed E-state index contributed by atoms with van der Waals surface area (Å²) in [5, 5.41) is 1.53. The molecule has 1 nitrogen and oxygen atoms in total. The van der Waals surface area contributed by atoms with Crippen LogP contribution in [0.4, 0.5) is 0 Å². The molecule has 0 aliphatic carbocycles. The monoisotopic (exact) mass is 547 g/mol. The van der Waals surface area contributed by atoms with E-state index in [0.29, 0.717) is 14.9 Å². The maximum Gasteiger partial charge on any atom is 0.0809 e. The van der Waals surface area contributed by atoms with E-state index in [1.807, 2.05) is 0 Å². The number of rotatable bonds is 18. The Morgan fingerprint density at radius 1 is 0.484 bits per heavy atom. The third-order valence-electron chi connectivity index (χ3n) is 5.41. The van der Waals surface area contributed by atoms with Crippen LogP contribution in [0.3, 0.4) is 0 Å². The van der Waals surface area contributed by atoms with Crippen LogP contribution in [0.1, 0.15) is 104 Å². The molecule has 0 bridgehead atoms. The van der Waals surface area contributed by atoms with Crippen molar-refractivity contribution in [2.24, 2.45) is 0 Å². The van der Waals surface area contributed by atoms with E-state index in [9.17, 15) is 0 Å². The van der Waals surface area contributed by atoms with Gasteiger partial charge < -0.3 is 0 Å². The normalized spacial score (nSPS) is 11.6. The highest BCUT2D eigenvalue weighted by atomic mass is 35.5. The van der Waals surface area contributed by atoms with Gasteiger partial charge in [-0.15, -0.1) is 0 Å². The van der Waals surface area contributed by atoms with E-state index < -0.39 is 0 Å². The molecule has 1 rings (SSSR count). The van der Waals surface area contributed by atoms with Gasteiger partial charge in [0, 0.05) is 13.1 Å². The van der Waals surface area contributed by atoms with E-state index in [-0.39, 0.29) is 15.1 Å². The van der Waals surface area contributed by atoms with Gasteiger partial charge in [0.25, 0.3) is 0 Å². The van der Waals surface area contributed by atoms with E-state index in [0.717, 1.165) is 13.1 Å². The summed E-state index contributed by atoms with van der Waals surface area (Å²) in [7, 11) is 0. The Kier molecular flexibility index (Phi) is 17.7. The minimum atomic E-state index is 0.216. The van der Waals surface area contributed by atoms with Gasteiger partial charge in [-0.25, -0.2) is 4.31 Å². The molecule has 0 N–H and O–H groups in total. The second-order valence-corrected chi connectivity index (χ2v) is 11.2. The number of benzene rings is 1. The van der Waals surface area contributed by atoms with Crippen molar-refractivity contribution in [1.29, 1.82) is 0 Å².